The topological polar surface area (TPSA) is 101 Å². The van der Waals surface area contributed by atoms with Gasteiger partial charge in [-0.3, -0.25) is 15.4 Å². The molecule has 0 aliphatic rings. The Morgan fingerprint density at radius 3 is 2.65 bits per heavy atom. The third kappa shape index (κ3) is 4.10. The van der Waals surface area contributed by atoms with E-state index >= 15 is 0 Å². The molecule has 26 heavy (non-hydrogen) atoms. The summed E-state index contributed by atoms with van der Waals surface area (Å²) in [4.78, 5) is 16.1. The summed E-state index contributed by atoms with van der Waals surface area (Å²) < 4.78 is 10.5. The van der Waals surface area contributed by atoms with Crippen LogP contribution in [0.1, 0.15) is 5.56 Å². The van der Waals surface area contributed by atoms with Gasteiger partial charge in [0.25, 0.3) is 0 Å². The summed E-state index contributed by atoms with van der Waals surface area (Å²) >= 11 is 0. The molecule has 0 unspecified atom stereocenters. The van der Waals surface area contributed by atoms with Crippen LogP contribution in [0.15, 0.2) is 48.8 Å². The van der Waals surface area contributed by atoms with E-state index in [4.69, 9.17) is 9.47 Å². The van der Waals surface area contributed by atoms with Gasteiger partial charge in [0.2, 0.25) is 0 Å². The number of hydrogen-bond donors (Lipinski definition) is 3. The van der Waals surface area contributed by atoms with Crippen LogP contribution in [0, 0.1) is 0 Å². The number of ether oxygens (including phenoxy) is 2. The summed E-state index contributed by atoms with van der Waals surface area (Å²) in [5.41, 5.74) is 2.53. The van der Waals surface area contributed by atoms with E-state index in [9.17, 15) is 4.79 Å². The van der Waals surface area contributed by atoms with Gasteiger partial charge in [0, 0.05) is 36.1 Å². The first-order chi connectivity index (χ1) is 12.7. The van der Waals surface area contributed by atoms with Crippen LogP contribution in [-0.4, -0.2) is 35.4 Å². The predicted molar refractivity (Wildman–Crippen MR) is 97.2 cm³/mol. The highest BCUT2D eigenvalue weighted by Gasteiger charge is 2.09. The van der Waals surface area contributed by atoms with Crippen molar-refractivity contribution in [3.8, 4) is 22.8 Å². The molecule has 0 saturated heterocycles. The van der Waals surface area contributed by atoms with Gasteiger partial charge in [-0.1, -0.05) is 0 Å². The molecule has 0 aliphatic carbocycles. The Kier molecular flexibility index (Phi) is 5.33. The summed E-state index contributed by atoms with van der Waals surface area (Å²) in [7, 11) is 3.17. The van der Waals surface area contributed by atoms with E-state index in [0.717, 1.165) is 16.8 Å². The minimum Gasteiger partial charge on any atom is -0.497 e. The van der Waals surface area contributed by atoms with Gasteiger partial charge >= 0.3 is 6.03 Å². The first-order valence-electron chi connectivity index (χ1n) is 7.91. The fourth-order valence-electron chi connectivity index (χ4n) is 2.42. The average Bonchev–Trinajstić information content (AvgIpc) is 3.15. The minimum absolute atomic E-state index is 0.286. The summed E-state index contributed by atoms with van der Waals surface area (Å²) in [6, 6.07) is 10.5. The standard InChI is InChI=1S/C18H19N5O3/c1-25-14-3-4-16(26-2)13(9-14)11-20-18(24)21-17-10-15(22-23-17)12-5-7-19-8-6-12/h3-10H,11H2,1-2H3,(H3,20,21,22,23,24). The minimum atomic E-state index is -0.373. The SMILES string of the molecule is COc1ccc(OC)c(CNC(=O)Nc2cc(-c3ccncc3)[nH]n2)c1. The van der Waals surface area contributed by atoms with Gasteiger partial charge in [-0.15, -0.1) is 0 Å². The molecule has 0 spiro atoms. The number of carbonyl (C=O) groups excluding carboxylic acids is 1. The lowest BCUT2D eigenvalue weighted by Crippen LogP contribution is -2.28. The van der Waals surface area contributed by atoms with E-state index in [2.05, 4.69) is 25.8 Å². The van der Waals surface area contributed by atoms with Gasteiger partial charge in [-0.2, -0.15) is 5.10 Å². The molecule has 2 heterocycles. The fourth-order valence-corrected chi connectivity index (χ4v) is 2.42. The number of benzene rings is 1. The third-order valence-corrected chi connectivity index (χ3v) is 3.74. The van der Waals surface area contributed by atoms with Gasteiger partial charge < -0.3 is 14.8 Å². The second-order valence-corrected chi connectivity index (χ2v) is 5.39. The number of H-pyrrole nitrogens is 1. The third-order valence-electron chi connectivity index (χ3n) is 3.74. The Hall–Kier alpha value is -3.55. The molecule has 2 aromatic heterocycles. The van der Waals surface area contributed by atoms with Crippen LogP contribution in [0.25, 0.3) is 11.3 Å². The molecule has 0 fully saturated rings. The molecule has 1 aromatic carbocycles. The second kappa shape index (κ2) is 8.02. The highest BCUT2D eigenvalue weighted by molar-refractivity contribution is 5.88. The van der Waals surface area contributed by atoms with Crippen molar-refractivity contribution in [1.82, 2.24) is 20.5 Å². The lowest BCUT2D eigenvalue weighted by molar-refractivity contribution is 0.251. The molecule has 8 heteroatoms. The number of anilines is 1. The molecule has 134 valence electrons. The number of aromatic nitrogens is 3. The van der Waals surface area contributed by atoms with Crippen LogP contribution in [0.4, 0.5) is 10.6 Å². The number of methoxy groups -OCH3 is 2. The van der Waals surface area contributed by atoms with Crippen molar-refractivity contribution in [1.29, 1.82) is 0 Å². The number of urea groups is 1. The molecule has 0 atom stereocenters. The summed E-state index contributed by atoms with van der Waals surface area (Å²) in [6.45, 7) is 0.286. The van der Waals surface area contributed by atoms with Crippen molar-refractivity contribution in [3.05, 3.63) is 54.4 Å². The summed E-state index contributed by atoms with van der Waals surface area (Å²) in [6.07, 6.45) is 3.38. The number of amides is 2. The van der Waals surface area contributed by atoms with Gasteiger partial charge in [0.1, 0.15) is 11.5 Å². The van der Waals surface area contributed by atoms with E-state index in [1.54, 1.807) is 44.8 Å². The number of rotatable bonds is 6. The van der Waals surface area contributed by atoms with Crippen molar-refractivity contribution in [2.45, 2.75) is 6.54 Å². The van der Waals surface area contributed by atoms with E-state index in [0.29, 0.717) is 17.3 Å². The van der Waals surface area contributed by atoms with Crippen molar-refractivity contribution >= 4 is 11.8 Å². The van der Waals surface area contributed by atoms with E-state index in [-0.39, 0.29) is 12.6 Å². The average molecular weight is 353 g/mol. The maximum Gasteiger partial charge on any atom is 0.320 e. The van der Waals surface area contributed by atoms with Crippen LogP contribution in [0.5, 0.6) is 11.5 Å². The highest BCUT2D eigenvalue weighted by atomic mass is 16.5. The maximum atomic E-state index is 12.1. The molecular weight excluding hydrogens is 334 g/mol. The Balaban J connectivity index is 1.61. The molecule has 3 aromatic rings. The molecule has 8 nitrogen and oxygen atoms in total. The Labute approximate surface area is 150 Å². The van der Waals surface area contributed by atoms with Crippen LogP contribution < -0.4 is 20.1 Å². The monoisotopic (exact) mass is 353 g/mol. The van der Waals surface area contributed by atoms with E-state index < -0.39 is 0 Å². The zero-order valence-electron chi connectivity index (χ0n) is 14.4. The van der Waals surface area contributed by atoms with Crippen LogP contribution in [0.2, 0.25) is 0 Å². The molecule has 0 saturated carbocycles. The first kappa shape index (κ1) is 17.3. The summed E-state index contributed by atoms with van der Waals surface area (Å²) in [5.74, 6) is 1.79. The lowest BCUT2D eigenvalue weighted by Gasteiger charge is -2.11. The largest absolute Gasteiger partial charge is 0.497 e. The zero-order chi connectivity index (χ0) is 18.4. The molecule has 2 amide bonds. The molecule has 3 rings (SSSR count). The smallest absolute Gasteiger partial charge is 0.320 e. The van der Waals surface area contributed by atoms with Crippen molar-refractivity contribution in [2.75, 3.05) is 19.5 Å². The van der Waals surface area contributed by atoms with Crippen molar-refractivity contribution < 1.29 is 14.3 Å². The Morgan fingerprint density at radius 2 is 1.92 bits per heavy atom. The Bertz CT molecular complexity index is 880. The number of nitrogens with zero attached hydrogens (tertiary/aromatic N) is 2. The Morgan fingerprint density at radius 1 is 1.12 bits per heavy atom. The lowest BCUT2D eigenvalue weighted by atomic mass is 10.2. The molecule has 0 aliphatic heterocycles. The number of hydrogen-bond acceptors (Lipinski definition) is 5. The molecular formula is C18H19N5O3. The number of aromatic amines is 1. The first-order valence-corrected chi connectivity index (χ1v) is 7.91. The number of pyridine rings is 1. The van der Waals surface area contributed by atoms with E-state index in [1.807, 2.05) is 18.2 Å². The van der Waals surface area contributed by atoms with Gasteiger partial charge in [-0.25, -0.2) is 4.79 Å². The van der Waals surface area contributed by atoms with E-state index in [1.165, 1.54) is 0 Å². The second-order valence-electron chi connectivity index (χ2n) is 5.39. The molecule has 3 N–H and O–H groups in total. The quantitative estimate of drug-likeness (QED) is 0.632. The normalized spacial score (nSPS) is 10.2. The van der Waals surface area contributed by atoms with Crippen molar-refractivity contribution in [3.63, 3.8) is 0 Å². The zero-order valence-corrected chi connectivity index (χ0v) is 14.4. The van der Waals surface area contributed by atoms with Crippen LogP contribution in [-0.2, 0) is 6.54 Å². The van der Waals surface area contributed by atoms with Gasteiger partial charge in [0.15, 0.2) is 5.82 Å². The summed E-state index contributed by atoms with van der Waals surface area (Å²) in [5, 5.41) is 12.4. The molecule has 0 radical (unpaired) electrons. The number of carbonyl (C=O) groups is 1. The van der Waals surface area contributed by atoms with Gasteiger partial charge in [0.05, 0.1) is 19.9 Å². The van der Waals surface area contributed by atoms with Crippen LogP contribution >= 0.6 is 0 Å². The fraction of sp³-hybridized carbons (Fsp3) is 0.167. The highest BCUT2D eigenvalue weighted by Crippen LogP contribution is 2.24. The predicted octanol–water partition coefficient (Wildman–Crippen LogP) is 2.81. The maximum absolute atomic E-state index is 12.1. The molecule has 0 bridgehead atoms. The van der Waals surface area contributed by atoms with Gasteiger partial charge in [-0.05, 0) is 30.3 Å². The van der Waals surface area contributed by atoms with Crippen molar-refractivity contribution in [2.24, 2.45) is 0 Å². The number of nitrogens with one attached hydrogen (secondary N) is 3. The van der Waals surface area contributed by atoms with Crippen LogP contribution in [0.3, 0.4) is 0 Å².